The molecule has 28 heavy (non-hydrogen) atoms. The summed E-state index contributed by atoms with van der Waals surface area (Å²) in [5.41, 5.74) is 6.84. The highest BCUT2D eigenvalue weighted by Gasteiger charge is 2.43. The largest absolute Gasteiger partial charge is 0.489 e. The van der Waals surface area contributed by atoms with Gasteiger partial charge in [-0.1, -0.05) is 37.8 Å². The van der Waals surface area contributed by atoms with E-state index in [1.165, 1.54) is 19.3 Å². The van der Waals surface area contributed by atoms with Crippen molar-refractivity contribution in [1.29, 1.82) is 0 Å². The van der Waals surface area contributed by atoms with Crippen LogP contribution in [0.3, 0.4) is 0 Å². The zero-order valence-corrected chi connectivity index (χ0v) is 17.4. The molecular formula is C23H31ClN2O2. The molecule has 4 nitrogen and oxygen atoms in total. The lowest BCUT2D eigenvalue weighted by molar-refractivity contribution is 0.0479. The zero-order valence-electron chi connectivity index (χ0n) is 16.7. The topological polar surface area (TPSA) is 68.1 Å². The molecule has 2 saturated carbocycles. The van der Waals surface area contributed by atoms with Crippen LogP contribution >= 0.6 is 11.6 Å². The molecule has 1 heterocycles. The van der Waals surface area contributed by atoms with E-state index in [9.17, 15) is 4.79 Å². The van der Waals surface area contributed by atoms with Gasteiger partial charge in [0.15, 0.2) is 0 Å². The molecule has 4 rings (SSSR count). The Morgan fingerprint density at radius 3 is 2.71 bits per heavy atom. The van der Waals surface area contributed by atoms with Crippen molar-refractivity contribution in [2.75, 3.05) is 0 Å². The maximum Gasteiger partial charge on any atom is 0.255 e. The summed E-state index contributed by atoms with van der Waals surface area (Å²) in [5, 5.41) is 1.95. The Morgan fingerprint density at radius 1 is 1.29 bits per heavy atom. The van der Waals surface area contributed by atoms with E-state index >= 15 is 0 Å². The van der Waals surface area contributed by atoms with Crippen LogP contribution in [0.1, 0.15) is 64.7 Å². The van der Waals surface area contributed by atoms with Crippen molar-refractivity contribution in [3.8, 4) is 5.75 Å². The quantitative estimate of drug-likeness (QED) is 0.649. The fourth-order valence-electron chi connectivity index (χ4n) is 4.98. The zero-order chi connectivity index (χ0) is 19.7. The first-order valence-corrected chi connectivity index (χ1v) is 11.1. The maximum atomic E-state index is 11.9. The number of nitrogens with two attached hydrogens (primary N) is 1. The fourth-order valence-corrected chi connectivity index (χ4v) is 5.19. The first-order chi connectivity index (χ1) is 13.5. The Labute approximate surface area is 171 Å². The van der Waals surface area contributed by atoms with Crippen LogP contribution in [0.5, 0.6) is 5.75 Å². The number of aromatic amines is 1. The van der Waals surface area contributed by atoms with Gasteiger partial charge in [0.25, 0.3) is 5.56 Å². The Hall–Kier alpha value is -1.52. The van der Waals surface area contributed by atoms with Crippen molar-refractivity contribution >= 4 is 22.4 Å². The Morgan fingerprint density at radius 2 is 2.04 bits per heavy atom. The van der Waals surface area contributed by atoms with Crippen molar-refractivity contribution in [3.63, 3.8) is 0 Å². The van der Waals surface area contributed by atoms with Gasteiger partial charge in [0.05, 0.1) is 11.1 Å². The summed E-state index contributed by atoms with van der Waals surface area (Å²) >= 11 is 6.42. The van der Waals surface area contributed by atoms with Crippen molar-refractivity contribution in [2.45, 2.75) is 76.9 Å². The van der Waals surface area contributed by atoms with E-state index in [2.05, 4.69) is 11.9 Å². The molecule has 1 unspecified atom stereocenters. The summed E-state index contributed by atoms with van der Waals surface area (Å²) in [7, 11) is 0. The molecular weight excluding hydrogens is 372 g/mol. The number of nitrogens with one attached hydrogen (secondary N) is 1. The molecule has 152 valence electrons. The van der Waals surface area contributed by atoms with Gasteiger partial charge in [-0.05, 0) is 73.4 Å². The first-order valence-electron chi connectivity index (χ1n) is 10.7. The predicted molar refractivity (Wildman–Crippen MR) is 115 cm³/mol. The third-order valence-electron chi connectivity index (χ3n) is 6.83. The summed E-state index contributed by atoms with van der Waals surface area (Å²) < 4.78 is 6.30. The second-order valence-corrected chi connectivity index (χ2v) is 9.31. The standard InChI is InChI=1S/C23H31ClN2O2/c1-2-3-21(25)23(14-15-4-5-15)9-6-17(7-10-23)28-20-12-16-8-11-26-22(27)18(16)13-19(20)24/h8,11-13,15,17,21H,2-7,9-10,14,25H2,1H3,(H,26,27). The molecule has 5 heteroatoms. The van der Waals surface area contributed by atoms with Gasteiger partial charge in [-0.25, -0.2) is 0 Å². The lowest BCUT2D eigenvalue weighted by Crippen LogP contribution is -2.46. The van der Waals surface area contributed by atoms with Crippen molar-refractivity contribution < 1.29 is 4.74 Å². The van der Waals surface area contributed by atoms with E-state index in [0.717, 1.165) is 49.8 Å². The monoisotopic (exact) mass is 402 g/mol. The van der Waals surface area contributed by atoms with E-state index in [-0.39, 0.29) is 17.1 Å². The minimum atomic E-state index is -0.126. The van der Waals surface area contributed by atoms with Gasteiger partial charge < -0.3 is 15.5 Å². The summed E-state index contributed by atoms with van der Waals surface area (Å²) in [6, 6.07) is 5.78. The number of benzene rings is 1. The molecule has 1 aromatic heterocycles. The Balaban J connectivity index is 1.47. The van der Waals surface area contributed by atoms with Crippen LogP contribution in [0.4, 0.5) is 0 Å². The summed E-state index contributed by atoms with van der Waals surface area (Å²) in [6.45, 7) is 2.23. The number of halogens is 1. The molecule has 1 aromatic carbocycles. The summed E-state index contributed by atoms with van der Waals surface area (Å²) in [5.74, 6) is 1.57. The Bertz CT molecular complexity index is 882. The smallest absolute Gasteiger partial charge is 0.255 e. The lowest BCUT2D eigenvalue weighted by atomic mass is 9.64. The average molecular weight is 403 g/mol. The third kappa shape index (κ3) is 4.08. The highest BCUT2D eigenvalue weighted by molar-refractivity contribution is 6.32. The van der Waals surface area contributed by atoms with Gasteiger partial charge in [-0.3, -0.25) is 4.79 Å². The number of rotatable bonds is 7. The summed E-state index contributed by atoms with van der Waals surface area (Å²) in [6.07, 6.45) is 12.5. The highest BCUT2D eigenvalue weighted by Crippen LogP contribution is 2.50. The van der Waals surface area contributed by atoms with Gasteiger partial charge in [-0.15, -0.1) is 0 Å². The molecule has 0 amide bonds. The molecule has 0 saturated heterocycles. The van der Waals surface area contributed by atoms with Gasteiger partial charge >= 0.3 is 0 Å². The number of hydrogen-bond acceptors (Lipinski definition) is 3. The van der Waals surface area contributed by atoms with Crippen molar-refractivity contribution in [1.82, 2.24) is 4.98 Å². The number of aromatic nitrogens is 1. The van der Waals surface area contributed by atoms with E-state index < -0.39 is 0 Å². The number of fused-ring (bicyclic) bond motifs is 1. The van der Waals surface area contributed by atoms with Crippen LogP contribution in [0.2, 0.25) is 5.02 Å². The SMILES string of the molecule is CCCC(N)C1(CC2CC2)CCC(Oc2cc3cc[nH]c(=O)c3cc2Cl)CC1. The van der Waals surface area contributed by atoms with Crippen LogP contribution in [-0.2, 0) is 0 Å². The molecule has 2 aliphatic carbocycles. The van der Waals surface area contributed by atoms with Crippen LogP contribution < -0.4 is 16.0 Å². The first kappa shape index (κ1) is 19.8. The second-order valence-electron chi connectivity index (χ2n) is 8.90. The number of H-pyrrole nitrogens is 1. The van der Waals surface area contributed by atoms with E-state index in [1.807, 2.05) is 12.1 Å². The Kier molecular flexibility index (Phi) is 5.71. The average Bonchev–Trinajstić information content (AvgIpc) is 3.49. The van der Waals surface area contributed by atoms with Crippen LogP contribution in [-0.4, -0.2) is 17.1 Å². The number of hydrogen-bond donors (Lipinski definition) is 2. The van der Waals surface area contributed by atoms with Gasteiger partial charge in [0.2, 0.25) is 0 Å². The molecule has 2 fully saturated rings. The normalized spacial score (nSPS) is 26.3. The number of ether oxygens (including phenoxy) is 1. The van der Waals surface area contributed by atoms with Crippen LogP contribution in [0.25, 0.3) is 10.8 Å². The van der Waals surface area contributed by atoms with Gasteiger partial charge in [0, 0.05) is 17.6 Å². The summed E-state index contributed by atoms with van der Waals surface area (Å²) in [4.78, 5) is 14.6. The maximum absolute atomic E-state index is 11.9. The molecule has 3 N–H and O–H groups in total. The molecule has 1 atom stereocenters. The molecule has 2 aromatic rings. The highest BCUT2D eigenvalue weighted by atomic mass is 35.5. The van der Waals surface area contributed by atoms with Gasteiger partial charge in [-0.2, -0.15) is 0 Å². The lowest BCUT2D eigenvalue weighted by Gasteiger charge is -2.44. The molecule has 2 aliphatic rings. The molecule has 0 spiro atoms. The van der Waals surface area contributed by atoms with Crippen molar-refractivity contribution in [2.24, 2.45) is 17.1 Å². The minimum Gasteiger partial charge on any atom is -0.489 e. The van der Waals surface area contributed by atoms with E-state index in [1.54, 1.807) is 12.3 Å². The molecule has 0 aliphatic heterocycles. The molecule has 0 radical (unpaired) electrons. The predicted octanol–water partition coefficient (Wildman–Crippen LogP) is 5.42. The van der Waals surface area contributed by atoms with E-state index in [0.29, 0.717) is 22.2 Å². The van der Waals surface area contributed by atoms with Gasteiger partial charge in [0.1, 0.15) is 5.75 Å². The van der Waals surface area contributed by atoms with Crippen LogP contribution in [0.15, 0.2) is 29.2 Å². The van der Waals surface area contributed by atoms with E-state index in [4.69, 9.17) is 22.1 Å². The third-order valence-corrected chi connectivity index (χ3v) is 7.12. The fraction of sp³-hybridized carbons (Fsp3) is 0.609. The van der Waals surface area contributed by atoms with Crippen molar-refractivity contribution in [3.05, 3.63) is 39.8 Å². The number of pyridine rings is 1. The second kappa shape index (κ2) is 8.08. The minimum absolute atomic E-state index is 0.126. The molecule has 0 bridgehead atoms. The van der Waals surface area contributed by atoms with Crippen LogP contribution in [0, 0.1) is 11.3 Å².